The number of piperidine rings is 1. The van der Waals surface area contributed by atoms with Crippen molar-refractivity contribution >= 4 is 17.0 Å². The smallest absolute Gasteiger partial charge is 0.119 e. The lowest BCUT2D eigenvalue weighted by Crippen LogP contribution is -2.59. The molecule has 1 aromatic rings. The first-order valence-electron chi connectivity index (χ1n) is 7.92. The minimum atomic E-state index is 0. The third-order valence-corrected chi connectivity index (χ3v) is 5.95. The summed E-state index contributed by atoms with van der Waals surface area (Å²) in [6, 6.07) is 8.72. The van der Waals surface area contributed by atoms with Gasteiger partial charge >= 0.3 is 0 Å². The normalized spacial score (nSPS) is 38.5. The van der Waals surface area contributed by atoms with E-state index in [2.05, 4.69) is 44.3 Å². The van der Waals surface area contributed by atoms with Crippen molar-refractivity contribution in [3.63, 3.8) is 0 Å². The van der Waals surface area contributed by atoms with E-state index in [1.165, 1.54) is 18.4 Å². The monoisotopic (exact) mass is 353 g/mol. The molecule has 3 heteroatoms. The molecule has 118 valence electrons. The molecule has 2 bridgehead atoms. The van der Waals surface area contributed by atoms with Crippen molar-refractivity contribution in [3.8, 4) is 5.75 Å². The fourth-order valence-corrected chi connectivity index (χ4v) is 4.29. The Balaban J connectivity index is 0.00000161. The fourth-order valence-electron chi connectivity index (χ4n) is 4.29. The van der Waals surface area contributed by atoms with Gasteiger partial charge in [-0.25, -0.2) is 0 Å². The second kappa shape index (κ2) is 6.29. The van der Waals surface area contributed by atoms with Crippen LogP contribution in [0.1, 0.15) is 45.1 Å². The molecular formula is C18H28BrNO. The van der Waals surface area contributed by atoms with Crippen LogP contribution in [-0.4, -0.2) is 19.2 Å². The van der Waals surface area contributed by atoms with Crippen molar-refractivity contribution in [3.05, 3.63) is 29.8 Å². The first-order chi connectivity index (χ1) is 9.53. The zero-order valence-electron chi connectivity index (χ0n) is 13.6. The SMILES string of the molecule is Br.COc1cccc(C2CC(C)C3(C)CC2C(C)CN3)c1. The maximum Gasteiger partial charge on any atom is 0.119 e. The Bertz CT molecular complexity index is 492. The maximum absolute atomic E-state index is 5.41. The Morgan fingerprint density at radius 1 is 1.29 bits per heavy atom. The largest absolute Gasteiger partial charge is 0.497 e. The van der Waals surface area contributed by atoms with Crippen molar-refractivity contribution < 1.29 is 4.74 Å². The molecule has 21 heavy (non-hydrogen) atoms. The van der Waals surface area contributed by atoms with Gasteiger partial charge in [0.2, 0.25) is 0 Å². The summed E-state index contributed by atoms with van der Waals surface area (Å²) in [5, 5.41) is 3.80. The van der Waals surface area contributed by atoms with E-state index in [-0.39, 0.29) is 17.0 Å². The average molecular weight is 354 g/mol. The van der Waals surface area contributed by atoms with Crippen molar-refractivity contribution in [2.45, 2.75) is 45.1 Å². The van der Waals surface area contributed by atoms with Gasteiger partial charge in [0.1, 0.15) is 5.75 Å². The number of fused-ring (bicyclic) bond motifs is 2. The molecule has 1 saturated carbocycles. The lowest BCUT2D eigenvalue weighted by molar-refractivity contribution is 0.0369. The van der Waals surface area contributed by atoms with Crippen LogP contribution in [0, 0.1) is 17.8 Å². The summed E-state index contributed by atoms with van der Waals surface area (Å²) in [6.45, 7) is 8.39. The number of halogens is 1. The van der Waals surface area contributed by atoms with Crippen molar-refractivity contribution in [2.75, 3.05) is 13.7 Å². The number of ether oxygens (including phenoxy) is 1. The molecule has 1 aliphatic heterocycles. The first-order valence-corrected chi connectivity index (χ1v) is 7.92. The second-order valence-corrected chi connectivity index (χ2v) is 7.16. The molecule has 1 heterocycles. The van der Waals surface area contributed by atoms with Crippen LogP contribution in [0.5, 0.6) is 5.75 Å². The van der Waals surface area contributed by atoms with Gasteiger partial charge in [0.05, 0.1) is 7.11 Å². The number of hydrogen-bond acceptors (Lipinski definition) is 2. The van der Waals surface area contributed by atoms with Crippen LogP contribution in [0.4, 0.5) is 0 Å². The van der Waals surface area contributed by atoms with Gasteiger partial charge in [-0.1, -0.05) is 26.0 Å². The Kier molecular flexibility index (Phi) is 5.04. The summed E-state index contributed by atoms with van der Waals surface area (Å²) in [4.78, 5) is 0. The minimum absolute atomic E-state index is 0. The van der Waals surface area contributed by atoms with Crippen molar-refractivity contribution in [2.24, 2.45) is 17.8 Å². The number of nitrogens with one attached hydrogen (secondary N) is 1. The van der Waals surface area contributed by atoms with E-state index in [1.54, 1.807) is 7.11 Å². The summed E-state index contributed by atoms with van der Waals surface area (Å²) in [5.74, 6) is 3.95. The summed E-state index contributed by atoms with van der Waals surface area (Å²) in [6.07, 6.45) is 2.59. The molecule has 1 aromatic carbocycles. The van der Waals surface area contributed by atoms with Gasteiger partial charge in [-0.2, -0.15) is 0 Å². The Morgan fingerprint density at radius 3 is 2.76 bits per heavy atom. The summed E-state index contributed by atoms with van der Waals surface area (Å²) < 4.78 is 5.41. The molecule has 0 radical (unpaired) electrons. The molecule has 2 aliphatic rings. The standard InChI is InChI=1S/C18H27NO.BrH/c1-12-11-19-18(3)10-17(12)16(8-13(18)2)14-6-5-7-15(9-14)20-4;/h5-7,9,12-13,16-17,19H,8,10-11H2,1-4H3;1H. The van der Waals surface area contributed by atoms with E-state index in [0.29, 0.717) is 11.5 Å². The number of rotatable bonds is 2. The zero-order chi connectivity index (χ0) is 14.3. The number of benzene rings is 1. The molecule has 5 atom stereocenters. The molecule has 1 aliphatic carbocycles. The highest BCUT2D eigenvalue weighted by Crippen LogP contribution is 2.50. The first kappa shape index (κ1) is 16.8. The molecular weight excluding hydrogens is 326 g/mol. The summed E-state index contributed by atoms with van der Waals surface area (Å²) in [7, 11) is 1.76. The minimum Gasteiger partial charge on any atom is -0.497 e. The van der Waals surface area contributed by atoms with Crippen LogP contribution in [0.15, 0.2) is 24.3 Å². The molecule has 1 saturated heterocycles. The Hall–Kier alpha value is -0.540. The van der Waals surface area contributed by atoms with Crippen LogP contribution in [-0.2, 0) is 0 Å². The Morgan fingerprint density at radius 2 is 2.05 bits per heavy atom. The van der Waals surface area contributed by atoms with E-state index >= 15 is 0 Å². The highest BCUT2D eigenvalue weighted by molar-refractivity contribution is 8.93. The topological polar surface area (TPSA) is 21.3 Å². The van der Waals surface area contributed by atoms with Gasteiger partial charge < -0.3 is 10.1 Å². The van der Waals surface area contributed by atoms with E-state index in [1.807, 2.05) is 6.07 Å². The molecule has 2 fully saturated rings. The van der Waals surface area contributed by atoms with Crippen LogP contribution in [0.25, 0.3) is 0 Å². The second-order valence-electron chi connectivity index (χ2n) is 7.16. The van der Waals surface area contributed by atoms with Gasteiger partial charge in [0, 0.05) is 5.54 Å². The lowest BCUT2D eigenvalue weighted by atomic mass is 9.58. The van der Waals surface area contributed by atoms with Gasteiger partial charge in [0.15, 0.2) is 0 Å². The molecule has 0 aromatic heterocycles. The number of hydrogen-bond donors (Lipinski definition) is 1. The van der Waals surface area contributed by atoms with Gasteiger partial charge in [0.25, 0.3) is 0 Å². The highest BCUT2D eigenvalue weighted by Gasteiger charge is 2.47. The lowest BCUT2D eigenvalue weighted by Gasteiger charge is -2.54. The molecule has 0 amide bonds. The predicted octanol–water partition coefficient (Wildman–Crippen LogP) is 4.40. The van der Waals surface area contributed by atoms with Crippen LogP contribution in [0.2, 0.25) is 0 Å². The van der Waals surface area contributed by atoms with E-state index in [4.69, 9.17) is 4.74 Å². The summed E-state index contributed by atoms with van der Waals surface area (Å²) in [5.41, 5.74) is 1.81. The molecule has 5 unspecified atom stereocenters. The fraction of sp³-hybridized carbons (Fsp3) is 0.667. The summed E-state index contributed by atoms with van der Waals surface area (Å²) >= 11 is 0. The van der Waals surface area contributed by atoms with E-state index < -0.39 is 0 Å². The molecule has 0 spiro atoms. The van der Waals surface area contributed by atoms with Crippen molar-refractivity contribution in [1.82, 2.24) is 5.32 Å². The third kappa shape index (κ3) is 3.00. The van der Waals surface area contributed by atoms with Crippen molar-refractivity contribution in [1.29, 1.82) is 0 Å². The van der Waals surface area contributed by atoms with Gasteiger partial charge in [-0.15, -0.1) is 17.0 Å². The van der Waals surface area contributed by atoms with Gasteiger partial charge in [-0.05, 0) is 67.7 Å². The van der Waals surface area contributed by atoms with E-state index in [0.717, 1.165) is 30.0 Å². The number of methoxy groups -OCH3 is 1. The quantitative estimate of drug-likeness (QED) is 0.850. The molecule has 1 N–H and O–H groups in total. The van der Waals surface area contributed by atoms with Gasteiger partial charge in [-0.3, -0.25) is 0 Å². The predicted molar refractivity (Wildman–Crippen MR) is 93.5 cm³/mol. The zero-order valence-corrected chi connectivity index (χ0v) is 15.3. The van der Waals surface area contributed by atoms with Crippen LogP contribution < -0.4 is 10.1 Å². The molecule has 2 nitrogen and oxygen atoms in total. The average Bonchev–Trinajstić information content (AvgIpc) is 2.47. The maximum atomic E-state index is 5.41. The molecule has 3 rings (SSSR count). The van der Waals surface area contributed by atoms with E-state index in [9.17, 15) is 0 Å². The van der Waals surface area contributed by atoms with Crippen LogP contribution in [0.3, 0.4) is 0 Å². The Labute approximate surface area is 139 Å². The third-order valence-electron chi connectivity index (χ3n) is 5.95. The highest BCUT2D eigenvalue weighted by atomic mass is 79.9. The van der Waals surface area contributed by atoms with Crippen LogP contribution >= 0.6 is 17.0 Å².